The van der Waals surface area contributed by atoms with Gasteiger partial charge in [0.25, 0.3) is 0 Å². The van der Waals surface area contributed by atoms with Crippen LogP contribution in [0.1, 0.15) is 36.8 Å². The van der Waals surface area contributed by atoms with Gasteiger partial charge in [-0.2, -0.15) is 0 Å². The number of likely N-dealkylation sites (tertiary alicyclic amines) is 2. The Balaban J connectivity index is 1.53. The average Bonchev–Trinajstić information content (AvgIpc) is 2.61. The lowest BCUT2D eigenvalue weighted by Crippen LogP contribution is -2.47. The van der Waals surface area contributed by atoms with E-state index in [-0.39, 0.29) is 23.8 Å². The number of aryl methyl sites for hydroxylation is 2. The molecule has 1 atom stereocenters. The molecule has 3 rings (SSSR count). The molecule has 0 saturated carbocycles. The van der Waals surface area contributed by atoms with Crippen molar-refractivity contribution in [2.24, 2.45) is 5.92 Å². The zero-order valence-corrected chi connectivity index (χ0v) is 15.5. The van der Waals surface area contributed by atoms with E-state index in [1.54, 1.807) is 11.9 Å². The first kappa shape index (κ1) is 17.8. The summed E-state index contributed by atoms with van der Waals surface area (Å²) in [4.78, 5) is 28.2. The maximum absolute atomic E-state index is 12.7. The van der Waals surface area contributed by atoms with Crippen molar-refractivity contribution < 1.29 is 14.3 Å². The van der Waals surface area contributed by atoms with E-state index in [4.69, 9.17) is 4.74 Å². The second-order valence-corrected chi connectivity index (χ2v) is 7.37. The molecule has 2 aliphatic heterocycles. The van der Waals surface area contributed by atoms with Gasteiger partial charge in [0.15, 0.2) is 0 Å². The number of para-hydroxylation sites is 1. The van der Waals surface area contributed by atoms with Crippen molar-refractivity contribution in [1.29, 1.82) is 0 Å². The molecule has 0 bridgehead atoms. The van der Waals surface area contributed by atoms with Crippen LogP contribution in [-0.4, -0.2) is 54.4 Å². The first-order valence-corrected chi connectivity index (χ1v) is 9.21. The van der Waals surface area contributed by atoms with Crippen molar-refractivity contribution in [3.63, 3.8) is 0 Å². The van der Waals surface area contributed by atoms with Crippen molar-refractivity contribution in [2.45, 2.75) is 45.6 Å². The number of piperidine rings is 2. The fourth-order valence-electron chi connectivity index (χ4n) is 3.76. The Bertz CT molecular complexity index is 630. The second-order valence-electron chi connectivity index (χ2n) is 7.37. The lowest BCUT2D eigenvalue weighted by molar-refractivity contribution is -0.145. The molecule has 2 heterocycles. The van der Waals surface area contributed by atoms with E-state index in [9.17, 15) is 9.59 Å². The molecule has 0 spiro atoms. The van der Waals surface area contributed by atoms with Gasteiger partial charge in [-0.3, -0.25) is 9.59 Å². The largest absolute Gasteiger partial charge is 0.490 e. The van der Waals surface area contributed by atoms with E-state index in [0.717, 1.165) is 49.2 Å². The van der Waals surface area contributed by atoms with E-state index >= 15 is 0 Å². The fourth-order valence-corrected chi connectivity index (χ4v) is 3.76. The van der Waals surface area contributed by atoms with Gasteiger partial charge in [0, 0.05) is 51.9 Å². The molecular formula is C20H28N2O3. The smallest absolute Gasteiger partial charge is 0.226 e. The summed E-state index contributed by atoms with van der Waals surface area (Å²) in [6, 6.07) is 6.18. The second kappa shape index (κ2) is 7.46. The van der Waals surface area contributed by atoms with Crippen LogP contribution in [0.15, 0.2) is 18.2 Å². The van der Waals surface area contributed by atoms with Gasteiger partial charge in [0.1, 0.15) is 11.9 Å². The highest BCUT2D eigenvalue weighted by Crippen LogP contribution is 2.27. The van der Waals surface area contributed by atoms with Crippen molar-refractivity contribution >= 4 is 11.8 Å². The van der Waals surface area contributed by atoms with Crippen molar-refractivity contribution in [1.82, 2.24) is 9.80 Å². The third-order valence-electron chi connectivity index (χ3n) is 5.46. The zero-order valence-electron chi connectivity index (χ0n) is 15.5. The third-order valence-corrected chi connectivity index (χ3v) is 5.46. The number of carbonyl (C=O) groups is 2. The van der Waals surface area contributed by atoms with Crippen LogP contribution in [0.25, 0.3) is 0 Å². The highest BCUT2D eigenvalue weighted by atomic mass is 16.5. The van der Waals surface area contributed by atoms with E-state index in [1.165, 1.54) is 0 Å². The number of ether oxygens (including phenoxy) is 1. The lowest BCUT2D eigenvalue weighted by atomic mass is 9.94. The van der Waals surface area contributed by atoms with Gasteiger partial charge in [0.05, 0.1) is 0 Å². The first-order valence-electron chi connectivity index (χ1n) is 9.21. The minimum Gasteiger partial charge on any atom is -0.490 e. The maximum Gasteiger partial charge on any atom is 0.226 e. The summed E-state index contributed by atoms with van der Waals surface area (Å²) >= 11 is 0. The SMILES string of the molecule is Cc1cccc(C)c1OC1CCN(C(=O)C2CCN(C)C(=O)C2)CC1. The molecule has 1 aromatic carbocycles. The van der Waals surface area contributed by atoms with Gasteiger partial charge in [0.2, 0.25) is 11.8 Å². The van der Waals surface area contributed by atoms with Crippen molar-refractivity contribution in [2.75, 3.05) is 26.7 Å². The van der Waals surface area contributed by atoms with E-state index in [2.05, 4.69) is 26.0 Å². The van der Waals surface area contributed by atoms with Gasteiger partial charge in [-0.1, -0.05) is 18.2 Å². The zero-order chi connectivity index (χ0) is 18.0. The number of rotatable bonds is 3. The highest BCUT2D eigenvalue weighted by Gasteiger charge is 2.33. The normalized spacial score (nSPS) is 22.2. The van der Waals surface area contributed by atoms with Crippen LogP contribution in [-0.2, 0) is 9.59 Å². The molecule has 5 nitrogen and oxygen atoms in total. The highest BCUT2D eigenvalue weighted by molar-refractivity contribution is 5.86. The number of amides is 2. The number of nitrogens with zero attached hydrogens (tertiary/aromatic N) is 2. The molecule has 1 unspecified atom stereocenters. The Morgan fingerprint density at radius 3 is 2.32 bits per heavy atom. The Labute approximate surface area is 149 Å². The molecule has 5 heteroatoms. The maximum atomic E-state index is 12.7. The Hall–Kier alpha value is -2.04. The van der Waals surface area contributed by atoms with Crippen LogP contribution in [0.2, 0.25) is 0 Å². The predicted octanol–water partition coefficient (Wildman–Crippen LogP) is 2.54. The van der Waals surface area contributed by atoms with E-state index in [1.807, 2.05) is 11.0 Å². The molecule has 2 fully saturated rings. The molecular weight excluding hydrogens is 316 g/mol. The first-order chi connectivity index (χ1) is 12.0. The number of carbonyl (C=O) groups excluding carboxylic acids is 2. The minimum absolute atomic E-state index is 0.0813. The molecule has 0 aromatic heterocycles. The lowest BCUT2D eigenvalue weighted by Gasteiger charge is -2.36. The number of hydrogen-bond acceptors (Lipinski definition) is 3. The predicted molar refractivity (Wildman–Crippen MR) is 96.5 cm³/mol. The monoisotopic (exact) mass is 344 g/mol. The molecule has 2 amide bonds. The van der Waals surface area contributed by atoms with Gasteiger partial charge in [-0.25, -0.2) is 0 Å². The summed E-state index contributed by atoms with van der Waals surface area (Å²) in [5.41, 5.74) is 2.31. The van der Waals surface area contributed by atoms with Crippen LogP contribution in [0.3, 0.4) is 0 Å². The summed E-state index contributed by atoms with van der Waals surface area (Å²) in [7, 11) is 1.80. The Morgan fingerprint density at radius 1 is 1.08 bits per heavy atom. The number of hydrogen-bond donors (Lipinski definition) is 0. The van der Waals surface area contributed by atoms with Gasteiger partial charge >= 0.3 is 0 Å². The summed E-state index contributed by atoms with van der Waals surface area (Å²) in [6.45, 7) is 6.25. The topological polar surface area (TPSA) is 49.9 Å². The van der Waals surface area contributed by atoms with Crippen LogP contribution < -0.4 is 4.74 Å². The summed E-state index contributed by atoms with van der Waals surface area (Å²) in [5.74, 6) is 1.07. The van der Waals surface area contributed by atoms with E-state index < -0.39 is 0 Å². The summed E-state index contributed by atoms with van der Waals surface area (Å²) in [5, 5.41) is 0. The molecule has 136 valence electrons. The molecule has 0 radical (unpaired) electrons. The summed E-state index contributed by atoms with van der Waals surface area (Å²) in [6.07, 6.45) is 2.98. The Morgan fingerprint density at radius 2 is 1.72 bits per heavy atom. The summed E-state index contributed by atoms with van der Waals surface area (Å²) < 4.78 is 6.22. The van der Waals surface area contributed by atoms with Crippen molar-refractivity contribution in [3.05, 3.63) is 29.3 Å². The molecule has 0 aliphatic carbocycles. The quantitative estimate of drug-likeness (QED) is 0.847. The standard InChI is InChI=1S/C20H28N2O3/c1-14-5-4-6-15(2)19(14)25-17-8-11-22(12-9-17)20(24)16-7-10-21(3)18(23)13-16/h4-6,16-17H,7-13H2,1-3H3. The van der Waals surface area contributed by atoms with Crippen LogP contribution >= 0.6 is 0 Å². The molecule has 2 saturated heterocycles. The van der Waals surface area contributed by atoms with Gasteiger partial charge < -0.3 is 14.5 Å². The van der Waals surface area contributed by atoms with Gasteiger partial charge in [-0.15, -0.1) is 0 Å². The van der Waals surface area contributed by atoms with Crippen LogP contribution in [0.5, 0.6) is 5.75 Å². The fraction of sp³-hybridized carbons (Fsp3) is 0.600. The number of benzene rings is 1. The Kier molecular flexibility index (Phi) is 5.30. The van der Waals surface area contributed by atoms with Crippen molar-refractivity contribution in [3.8, 4) is 5.75 Å². The minimum atomic E-state index is -0.139. The molecule has 0 N–H and O–H groups in total. The van der Waals surface area contributed by atoms with Crippen LogP contribution in [0.4, 0.5) is 0 Å². The van der Waals surface area contributed by atoms with Gasteiger partial charge in [-0.05, 0) is 31.4 Å². The van der Waals surface area contributed by atoms with E-state index in [0.29, 0.717) is 13.0 Å². The molecule has 1 aromatic rings. The molecule has 2 aliphatic rings. The van der Waals surface area contributed by atoms with Crippen LogP contribution in [0, 0.1) is 19.8 Å². The molecule has 25 heavy (non-hydrogen) atoms. The third kappa shape index (κ3) is 3.97. The average molecular weight is 344 g/mol.